The number of carbonyl (C=O) groups excluding carboxylic acids is 2. The van der Waals surface area contributed by atoms with E-state index >= 15 is 0 Å². The van der Waals surface area contributed by atoms with Gasteiger partial charge in [0.25, 0.3) is 11.5 Å². The van der Waals surface area contributed by atoms with E-state index in [1.807, 2.05) is 25.7 Å². The van der Waals surface area contributed by atoms with Crippen molar-refractivity contribution in [3.63, 3.8) is 0 Å². The van der Waals surface area contributed by atoms with Gasteiger partial charge in [0.1, 0.15) is 21.8 Å². The van der Waals surface area contributed by atoms with E-state index < -0.39 is 0 Å². The van der Waals surface area contributed by atoms with Crippen molar-refractivity contribution in [2.45, 2.75) is 60.4 Å². The first-order valence-electron chi connectivity index (χ1n) is 12.5. The summed E-state index contributed by atoms with van der Waals surface area (Å²) in [5.74, 6) is 0.180. The average molecular weight is 531 g/mol. The number of ether oxygens (including phenoxy) is 1. The third-order valence-corrected chi connectivity index (χ3v) is 7.71. The molecular weight excluding hydrogens is 496 g/mol. The molecule has 2 saturated heterocycles. The number of rotatable bonds is 8. The summed E-state index contributed by atoms with van der Waals surface area (Å²) in [7, 11) is 0. The van der Waals surface area contributed by atoms with Gasteiger partial charge in [-0.15, -0.1) is 0 Å². The Balaban J connectivity index is 2.19. The molecule has 0 aliphatic carbocycles. The van der Waals surface area contributed by atoms with E-state index in [0.29, 0.717) is 71.8 Å². The molecule has 10 heteroatoms. The highest BCUT2D eigenvalue weighted by Crippen LogP contribution is 2.37. The van der Waals surface area contributed by atoms with Crippen LogP contribution in [0.5, 0.6) is 0 Å². The van der Waals surface area contributed by atoms with Gasteiger partial charge in [-0.25, -0.2) is 0 Å². The second-order valence-electron chi connectivity index (χ2n) is 9.53. The number of hydrogen-bond donors (Lipinski definition) is 0. The monoisotopic (exact) mass is 530 g/mol. The molecule has 2 aliphatic rings. The Kier molecular flexibility index (Phi) is 9.36. The van der Waals surface area contributed by atoms with Gasteiger partial charge in [0.05, 0.1) is 17.4 Å². The van der Waals surface area contributed by atoms with Crippen LogP contribution in [0.1, 0.15) is 63.6 Å². The number of amides is 1. The standard InChI is InChI=1S/C26H34N4O4S2/c1-6-10-29-22(28-11-8-9-18(15-28)25(33)34-7-2)19(17(5)20(13-27)23(29)31)12-21-24(32)30(14-16(3)4)26(35)36-21/h12,16,18H,6-11,14-15H2,1-5H3/b21-12+. The largest absolute Gasteiger partial charge is 0.466 e. The maximum absolute atomic E-state index is 13.4. The van der Waals surface area contributed by atoms with Gasteiger partial charge in [-0.1, -0.05) is 44.8 Å². The third-order valence-electron chi connectivity index (χ3n) is 6.33. The molecule has 0 radical (unpaired) electrons. The molecule has 0 aromatic carbocycles. The summed E-state index contributed by atoms with van der Waals surface area (Å²) in [6.07, 6.45) is 3.93. The smallest absolute Gasteiger partial charge is 0.310 e. The van der Waals surface area contributed by atoms with E-state index in [1.54, 1.807) is 29.4 Å². The van der Waals surface area contributed by atoms with Crippen molar-refractivity contribution in [2.24, 2.45) is 11.8 Å². The Labute approximate surface area is 222 Å². The Morgan fingerprint density at radius 3 is 2.67 bits per heavy atom. The average Bonchev–Trinajstić information content (AvgIpc) is 3.09. The molecule has 1 amide bonds. The van der Waals surface area contributed by atoms with Crippen LogP contribution in [0.25, 0.3) is 6.08 Å². The molecule has 3 heterocycles. The van der Waals surface area contributed by atoms with Crippen molar-refractivity contribution in [1.82, 2.24) is 9.47 Å². The topological polar surface area (TPSA) is 95.6 Å². The van der Waals surface area contributed by atoms with Gasteiger partial charge in [-0.05, 0) is 50.7 Å². The van der Waals surface area contributed by atoms with Gasteiger partial charge in [-0.3, -0.25) is 23.9 Å². The Bertz CT molecular complexity index is 1180. The molecule has 1 atom stereocenters. The van der Waals surface area contributed by atoms with E-state index in [4.69, 9.17) is 17.0 Å². The third kappa shape index (κ3) is 5.68. The van der Waals surface area contributed by atoms with E-state index in [9.17, 15) is 19.6 Å². The molecule has 3 rings (SSSR count). The molecular formula is C26H34N4O4S2. The van der Waals surface area contributed by atoms with Crippen LogP contribution in [0.2, 0.25) is 0 Å². The van der Waals surface area contributed by atoms with E-state index in [2.05, 4.69) is 6.07 Å². The highest BCUT2D eigenvalue weighted by molar-refractivity contribution is 8.26. The van der Waals surface area contributed by atoms with Crippen molar-refractivity contribution in [1.29, 1.82) is 5.26 Å². The number of thiocarbonyl (C=S) groups is 1. The molecule has 2 fully saturated rings. The van der Waals surface area contributed by atoms with Crippen LogP contribution < -0.4 is 10.5 Å². The Morgan fingerprint density at radius 2 is 2.06 bits per heavy atom. The van der Waals surface area contributed by atoms with Crippen molar-refractivity contribution in [2.75, 3.05) is 31.1 Å². The number of hydrogen-bond acceptors (Lipinski definition) is 8. The fourth-order valence-electron chi connectivity index (χ4n) is 4.69. The van der Waals surface area contributed by atoms with Crippen LogP contribution in [-0.2, 0) is 20.9 Å². The Hall–Kier alpha value is -2.64. The van der Waals surface area contributed by atoms with Crippen LogP contribution in [0.4, 0.5) is 5.82 Å². The lowest BCUT2D eigenvalue weighted by atomic mass is 9.96. The Morgan fingerprint density at radius 1 is 1.33 bits per heavy atom. The van der Waals surface area contributed by atoms with Crippen molar-refractivity contribution in [3.8, 4) is 6.07 Å². The number of esters is 1. The van der Waals surface area contributed by atoms with Gasteiger partial charge in [0.2, 0.25) is 0 Å². The molecule has 2 aliphatic heterocycles. The number of aromatic nitrogens is 1. The number of thioether (sulfide) groups is 1. The minimum absolute atomic E-state index is 0.0649. The number of nitriles is 1. The molecule has 36 heavy (non-hydrogen) atoms. The van der Waals surface area contributed by atoms with Crippen molar-refractivity contribution < 1.29 is 14.3 Å². The van der Waals surface area contributed by atoms with Crippen molar-refractivity contribution in [3.05, 3.63) is 31.9 Å². The van der Waals surface area contributed by atoms with Crippen molar-refractivity contribution >= 4 is 52.1 Å². The molecule has 0 spiro atoms. The zero-order valence-electron chi connectivity index (χ0n) is 21.6. The molecule has 1 unspecified atom stereocenters. The zero-order valence-corrected chi connectivity index (χ0v) is 23.3. The van der Waals surface area contributed by atoms with Gasteiger partial charge >= 0.3 is 5.97 Å². The minimum atomic E-state index is -0.352. The zero-order chi connectivity index (χ0) is 26.6. The molecule has 194 valence electrons. The quantitative estimate of drug-likeness (QED) is 0.282. The molecule has 0 N–H and O–H groups in total. The summed E-state index contributed by atoms with van der Waals surface area (Å²) in [4.78, 5) is 43.3. The lowest BCUT2D eigenvalue weighted by Crippen LogP contribution is -2.43. The fourth-order valence-corrected chi connectivity index (χ4v) is 5.95. The molecule has 1 aromatic rings. The maximum Gasteiger partial charge on any atom is 0.310 e. The van der Waals surface area contributed by atoms with E-state index in [0.717, 1.165) is 6.42 Å². The number of carbonyl (C=O) groups is 2. The number of anilines is 1. The maximum atomic E-state index is 13.4. The van der Waals surface area contributed by atoms with Gasteiger partial charge in [0, 0.05) is 31.7 Å². The predicted octanol–water partition coefficient (Wildman–Crippen LogP) is 4.08. The first kappa shape index (κ1) is 27.9. The summed E-state index contributed by atoms with van der Waals surface area (Å²) >= 11 is 6.72. The van der Waals surface area contributed by atoms with Crippen LogP contribution >= 0.6 is 24.0 Å². The van der Waals surface area contributed by atoms with Crippen LogP contribution in [0.15, 0.2) is 9.70 Å². The van der Waals surface area contributed by atoms with Gasteiger partial charge in [-0.2, -0.15) is 5.26 Å². The SMILES string of the molecule is CCCn1c(N2CCCC(C(=O)OCC)C2)c(/C=C2/SC(=S)N(CC(C)C)C2=O)c(C)c(C#N)c1=O. The molecule has 0 saturated carbocycles. The number of nitrogens with zero attached hydrogens (tertiary/aromatic N) is 4. The number of piperidine rings is 1. The summed E-state index contributed by atoms with van der Waals surface area (Å²) in [5.41, 5.74) is 0.885. The summed E-state index contributed by atoms with van der Waals surface area (Å²) in [6.45, 7) is 11.9. The highest BCUT2D eigenvalue weighted by atomic mass is 32.2. The second kappa shape index (κ2) is 12.1. The van der Waals surface area contributed by atoms with Crippen LogP contribution in [0, 0.1) is 30.1 Å². The molecule has 8 nitrogen and oxygen atoms in total. The van der Waals surface area contributed by atoms with Crippen LogP contribution in [-0.4, -0.2) is 51.9 Å². The highest BCUT2D eigenvalue weighted by Gasteiger charge is 2.35. The number of pyridine rings is 1. The van der Waals surface area contributed by atoms with Gasteiger partial charge < -0.3 is 9.64 Å². The second-order valence-corrected chi connectivity index (χ2v) is 11.2. The summed E-state index contributed by atoms with van der Waals surface area (Å²) in [5, 5.41) is 9.83. The molecule has 1 aromatic heterocycles. The normalized spacial score (nSPS) is 19.4. The predicted molar refractivity (Wildman–Crippen MR) is 147 cm³/mol. The fraction of sp³-hybridized carbons (Fsp3) is 0.577. The first-order chi connectivity index (χ1) is 17.1. The molecule has 0 bridgehead atoms. The van der Waals surface area contributed by atoms with E-state index in [-0.39, 0.29) is 34.8 Å². The summed E-state index contributed by atoms with van der Waals surface area (Å²) < 4.78 is 7.40. The van der Waals surface area contributed by atoms with E-state index in [1.165, 1.54) is 11.8 Å². The lowest BCUT2D eigenvalue weighted by Gasteiger charge is -2.36. The first-order valence-corrected chi connectivity index (χ1v) is 13.7. The van der Waals surface area contributed by atoms with Gasteiger partial charge in [0.15, 0.2) is 0 Å². The van der Waals surface area contributed by atoms with Crippen LogP contribution in [0.3, 0.4) is 0 Å². The minimum Gasteiger partial charge on any atom is -0.466 e. The lowest BCUT2D eigenvalue weighted by molar-refractivity contribution is -0.148. The summed E-state index contributed by atoms with van der Waals surface area (Å²) in [6, 6.07) is 2.07.